The predicted octanol–water partition coefficient (Wildman–Crippen LogP) is 16.3. The Balaban J connectivity index is 4.44. The van der Waals surface area contributed by atoms with Crippen LogP contribution in [0.2, 0.25) is 0 Å². The summed E-state index contributed by atoms with van der Waals surface area (Å²) in [6.07, 6.45) is 60.2. The molecule has 0 rings (SSSR count). The van der Waals surface area contributed by atoms with Gasteiger partial charge in [0, 0.05) is 19.3 Å². The van der Waals surface area contributed by atoms with Crippen molar-refractivity contribution < 1.29 is 28.6 Å². The van der Waals surface area contributed by atoms with Crippen LogP contribution >= 0.6 is 0 Å². The summed E-state index contributed by atoms with van der Waals surface area (Å²) >= 11 is 0. The third-order valence-corrected chi connectivity index (χ3v) is 10.6. The monoisotopic (exact) mass is 837 g/mol. The third-order valence-electron chi connectivity index (χ3n) is 10.6. The number of allylic oxidation sites excluding steroid dienone is 12. The maximum atomic E-state index is 12.8. The van der Waals surface area contributed by atoms with Crippen LogP contribution in [0.5, 0.6) is 0 Å². The van der Waals surface area contributed by atoms with Gasteiger partial charge < -0.3 is 14.2 Å². The summed E-state index contributed by atoms with van der Waals surface area (Å²) in [6.45, 7) is 6.50. The van der Waals surface area contributed by atoms with Crippen molar-refractivity contribution in [2.45, 2.75) is 239 Å². The fraction of sp³-hybridized carbons (Fsp3) is 0.722. The Morgan fingerprint density at radius 3 is 1.05 bits per heavy atom. The lowest BCUT2D eigenvalue weighted by Gasteiger charge is -2.18. The van der Waals surface area contributed by atoms with E-state index >= 15 is 0 Å². The zero-order valence-corrected chi connectivity index (χ0v) is 39.2. The zero-order valence-electron chi connectivity index (χ0n) is 39.2. The van der Waals surface area contributed by atoms with Crippen LogP contribution in [0.4, 0.5) is 0 Å². The maximum Gasteiger partial charge on any atom is 0.306 e. The van der Waals surface area contributed by atoms with Gasteiger partial charge >= 0.3 is 17.9 Å². The lowest BCUT2D eigenvalue weighted by molar-refractivity contribution is -0.167. The highest BCUT2D eigenvalue weighted by Gasteiger charge is 2.19. The number of carbonyl (C=O) groups excluding carboxylic acids is 3. The van der Waals surface area contributed by atoms with Gasteiger partial charge in [0.05, 0.1) is 0 Å². The van der Waals surface area contributed by atoms with Crippen molar-refractivity contribution in [2.24, 2.45) is 0 Å². The van der Waals surface area contributed by atoms with Crippen LogP contribution in [0.1, 0.15) is 233 Å². The van der Waals surface area contributed by atoms with Gasteiger partial charge in [0.15, 0.2) is 6.10 Å². The lowest BCUT2D eigenvalue weighted by Crippen LogP contribution is -2.30. The van der Waals surface area contributed by atoms with E-state index in [2.05, 4.69) is 93.7 Å². The van der Waals surface area contributed by atoms with Crippen LogP contribution in [0.25, 0.3) is 0 Å². The van der Waals surface area contributed by atoms with Gasteiger partial charge in [0.2, 0.25) is 0 Å². The largest absolute Gasteiger partial charge is 0.462 e. The molecule has 0 aliphatic rings. The molecule has 6 heteroatoms. The molecular weight excluding hydrogens is 745 g/mol. The molecule has 1 unspecified atom stereocenters. The highest BCUT2D eigenvalue weighted by Crippen LogP contribution is 2.14. The highest BCUT2D eigenvalue weighted by atomic mass is 16.6. The van der Waals surface area contributed by atoms with Crippen molar-refractivity contribution in [1.29, 1.82) is 0 Å². The number of ether oxygens (including phenoxy) is 3. The molecule has 0 fully saturated rings. The van der Waals surface area contributed by atoms with Crippen LogP contribution in [0.3, 0.4) is 0 Å². The molecular formula is C54H92O6. The minimum absolute atomic E-state index is 0.0952. The van der Waals surface area contributed by atoms with Crippen molar-refractivity contribution in [3.05, 3.63) is 72.9 Å². The van der Waals surface area contributed by atoms with Gasteiger partial charge in [-0.15, -0.1) is 0 Å². The molecule has 344 valence electrons. The van der Waals surface area contributed by atoms with Gasteiger partial charge in [-0.05, 0) is 64.2 Å². The van der Waals surface area contributed by atoms with Crippen LogP contribution < -0.4 is 0 Å². The van der Waals surface area contributed by atoms with Gasteiger partial charge in [-0.2, -0.15) is 0 Å². The van der Waals surface area contributed by atoms with Crippen LogP contribution in [0, 0.1) is 0 Å². The van der Waals surface area contributed by atoms with E-state index in [1.165, 1.54) is 96.3 Å². The second kappa shape index (κ2) is 48.5. The smallest absolute Gasteiger partial charge is 0.306 e. The highest BCUT2D eigenvalue weighted by molar-refractivity contribution is 5.71. The van der Waals surface area contributed by atoms with E-state index in [9.17, 15) is 14.4 Å². The number of unbranched alkanes of at least 4 members (excludes halogenated alkanes) is 25. The molecule has 0 saturated carbocycles. The van der Waals surface area contributed by atoms with Gasteiger partial charge in [-0.1, -0.05) is 222 Å². The van der Waals surface area contributed by atoms with Gasteiger partial charge in [-0.25, -0.2) is 0 Å². The number of esters is 3. The Morgan fingerprint density at radius 1 is 0.333 bits per heavy atom. The molecule has 0 aromatic carbocycles. The first-order chi connectivity index (χ1) is 29.5. The van der Waals surface area contributed by atoms with E-state index in [1.807, 2.05) is 0 Å². The molecule has 0 heterocycles. The topological polar surface area (TPSA) is 78.9 Å². The Morgan fingerprint density at radius 2 is 0.617 bits per heavy atom. The summed E-state index contributed by atoms with van der Waals surface area (Å²) < 4.78 is 16.7. The molecule has 0 amide bonds. The van der Waals surface area contributed by atoms with Crippen molar-refractivity contribution in [1.82, 2.24) is 0 Å². The number of carbonyl (C=O) groups is 3. The standard InChI is InChI=1S/C54H92O6/c1-4-7-10-13-16-19-22-24-25-26-27-28-30-32-35-38-41-44-47-53(56)59-50-51(49-58-52(55)46-43-40-37-34-31-21-18-15-12-9-6-3)60-54(57)48-45-42-39-36-33-29-23-20-17-14-11-8-5-2/h15-16,18-19,21-22,24-28,31,51H,4-14,17,20,23,29-30,32-50H2,1-3H3/b18-15-,19-16-,24-22-,26-25-,28-27-,31-21-. The summed E-state index contributed by atoms with van der Waals surface area (Å²) in [5, 5.41) is 0. The van der Waals surface area contributed by atoms with Crippen molar-refractivity contribution >= 4 is 17.9 Å². The van der Waals surface area contributed by atoms with Crippen LogP contribution in [-0.2, 0) is 28.6 Å². The van der Waals surface area contributed by atoms with Gasteiger partial charge in [0.1, 0.15) is 13.2 Å². The predicted molar refractivity (Wildman–Crippen MR) is 256 cm³/mol. The van der Waals surface area contributed by atoms with E-state index in [0.717, 1.165) is 96.3 Å². The maximum absolute atomic E-state index is 12.8. The fourth-order valence-electron chi connectivity index (χ4n) is 6.72. The van der Waals surface area contributed by atoms with Crippen LogP contribution in [-0.4, -0.2) is 37.2 Å². The van der Waals surface area contributed by atoms with Gasteiger partial charge in [0.25, 0.3) is 0 Å². The number of hydrogen-bond donors (Lipinski definition) is 0. The number of rotatable bonds is 44. The first-order valence-corrected chi connectivity index (χ1v) is 25.0. The number of hydrogen-bond acceptors (Lipinski definition) is 6. The summed E-state index contributed by atoms with van der Waals surface area (Å²) in [4.78, 5) is 37.9. The molecule has 0 aromatic rings. The Hall–Kier alpha value is -3.15. The van der Waals surface area contributed by atoms with E-state index < -0.39 is 6.10 Å². The molecule has 0 aliphatic carbocycles. The molecule has 1 atom stereocenters. The SMILES string of the molecule is CCCC/C=C\C=C/CCCCCC(=O)OCC(COC(=O)CCCCCCC\C=C/C=C\C=C/C=C\CCCCC)OC(=O)CCCCCCCCCCCCCCC. The lowest BCUT2D eigenvalue weighted by atomic mass is 10.0. The first kappa shape index (κ1) is 56.9. The minimum atomic E-state index is -0.793. The van der Waals surface area contributed by atoms with Gasteiger partial charge in [-0.3, -0.25) is 14.4 Å². The second-order valence-corrected chi connectivity index (χ2v) is 16.5. The summed E-state index contributed by atoms with van der Waals surface area (Å²) in [5.41, 5.74) is 0. The summed E-state index contributed by atoms with van der Waals surface area (Å²) in [5.74, 6) is -0.943. The van der Waals surface area contributed by atoms with E-state index in [1.54, 1.807) is 0 Å². The normalized spacial score (nSPS) is 12.7. The molecule has 0 spiro atoms. The third kappa shape index (κ3) is 45.9. The quantitative estimate of drug-likeness (QED) is 0.0263. The molecule has 0 aliphatic heterocycles. The Labute approximate surface area is 370 Å². The first-order valence-electron chi connectivity index (χ1n) is 25.0. The fourth-order valence-corrected chi connectivity index (χ4v) is 6.72. The Kier molecular flexibility index (Phi) is 46.0. The zero-order chi connectivity index (χ0) is 43.7. The van der Waals surface area contributed by atoms with Crippen molar-refractivity contribution in [2.75, 3.05) is 13.2 Å². The molecule has 0 saturated heterocycles. The molecule has 6 nitrogen and oxygen atoms in total. The van der Waals surface area contributed by atoms with Crippen molar-refractivity contribution in [3.63, 3.8) is 0 Å². The molecule has 0 aromatic heterocycles. The van der Waals surface area contributed by atoms with E-state index in [4.69, 9.17) is 14.2 Å². The molecule has 0 bridgehead atoms. The van der Waals surface area contributed by atoms with Crippen LogP contribution in [0.15, 0.2) is 72.9 Å². The van der Waals surface area contributed by atoms with E-state index in [-0.39, 0.29) is 31.1 Å². The Bertz CT molecular complexity index is 1140. The second-order valence-electron chi connectivity index (χ2n) is 16.5. The van der Waals surface area contributed by atoms with Crippen molar-refractivity contribution in [3.8, 4) is 0 Å². The average Bonchev–Trinajstić information content (AvgIpc) is 3.24. The van der Waals surface area contributed by atoms with E-state index in [0.29, 0.717) is 19.3 Å². The molecule has 0 N–H and O–H groups in total. The average molecular weight is 837 g/mol. The summed E-state index contributed by atoms with van der Waals surface area (Å²) in [6, 6.07) is 0. The summed E-state index contributed by atoms with van der Waals surface area (Å²) in [7, 11) is 0. The molecule has 60 heavy (non-hydrogen) atoms. The molecule has 0 radical (unpaired) electrons. The minimum Gasteiger partial charge on any atom is -0.462 e.